The molecule has 1 aromatic carbocycles. The summed E-state index contributed by atoms with van der Waals surface area (Å²) < 4.78 is 26.8. The van der Waals surface area contributed by atoms with Gasteiger partial charge in [0.2, 0.25) is 15.9 Å². The van der Waals surface area contributed by atoms with Gasteiger partial charge in [-0.1, -0.05) is 0 Å². The van der Waals surface area contributed by atoms with Gasteiger partial charge in [-0.25, -0.2) is 8.42 Å². The van der Waals surface area contributed by atoms with E-state index in [4.69, 9.17) is 5.73 Å². The normalized spacial score (nSPS) is 21.2. The fourth-order valence-electron chi connectivity index (χ4n) is 1.91. The molecule has 0 aliphatic carbocycles. The van der Waals surface area contributed by atoms with Crippen LogP contribution in [-0.2, 0) is 14.8 Å². The van der Waals surface area contributed by atoms with Crippen LogP contribution in [0, 0.1) is 0 Å². The Kier molecular flexibility index (Phi) is 3.84. The highest BCUT2D eigenvalue weighted by Crippen LogP contribution is 2.26. The number of sulfonamides is 1. The van der Waals surface area contributed by atoms with Crippen LogP contribution in [0.4, 0.5) is 5.69 Å². The van der Waals surface area contributed by atoms with Gasteiger partial charge in [0.15, 0.2) is 0 Å². The number of amides is 1. The van der Waals surface area contributed by atoms with Crippen molar-refractivity contribution in [3.63, 3.8) is 0 Å². The molecule has 1 saturated heterocycles. The van der Waals surface area contributed by atoms with Crippen LogP contribution >= 0.6 is 15.9 Å². The van der Waals surface area contributed by atoms with Crippen molar-refractivity contribution in [3.8, 4) is 0 Å². The van der Waals surface area contributed by atoms with Gasteiger partial charge in [-0.15, -0.1) is 0 Å². The summed E-state index contributed by atoms with van der Waals surface area (Å²) in [6.45, 7) is 2.13. The van der Waals surface area contributed by atoms with E-state index >= 15 is 0 Å². The molecule has 1 heterocycles. The van der Waals surface area contributed by atoms with Crippen molar-refractivity contribution < 1.29 is 13.2 Å². The van der Waals surface area contributed by atoms with Crippen molar-refractivity contribution in [1.82, 2.24) is 9.62 Å². The molecule has 0 aromatic heterocycles. The van der Waals surface area contributed by atoms with E-state index < -0.39 is 16.1 Å². The zero-order valence-corrected chi connectivity index (χ0v) is 12.7. The first-order chi connectivity index (χ1) is 8.84. The second-order valence-corrected chi connectivity index (χ2v) is 7.01. The van der Waals surface area contributed by atoms with E-state index in [1.807, 2.05) is 0 Å². The lowest BCUT2D eigenvalue weighted by molar-refractivity contribution is -0.126. The van der Waals surface area contributed by atoms with Gasteiger partial charge in [-0.3, -0.25) is 4.79 Å². The summed E-state index contributed by atoms with van der Waals surface area (Å²) >= 11 is 3.22. The zero-order valence-electron chi connectivity index (χ0n) is 10.3. The molecule has 1 aliphatic rings. The minimum atomic E-state index is -3.71. The quantitative estimate of drug-likeness (QED) is 0.763. The Balaban J connectivity index is 2.41. The summed E-state index contributed by atoms with van der Waals surface area (Å²) in [6.07, 6.45) is 0. The largest absolute Gasteiger partial charge is 0.398 e. The lowest BCUT2D eigenvalue weighted by atomic mass is 10.2. The van der Waals surface area contributed by atoms with Gasteiger partial charge in [0.25, 0.3) is 0 Å². The van der Waals surface area contributed by atoms with Gasteiger partial charge >= 0.3 is 0 Å². The van der Waals surface area contributed by atoms with E-state index in [-0.39, 0.29) is 17.3 Å². The molecule has 104 valence electrons. The molecular weight excluding hydrogens is 334 g/mol. The summed E-state index contributed by atoms with van der Waals surface area (Å²) in [5, 5.41) is 2.63. The number of nitrogen functional groups attached to an aromatic ring is 1. The second kappa shape index (κ2) is 5.10. The number of carbonyl (C=O) groups is 1. The van der Waals surface area contributed by atoms with Crippen LogP contribution in [0.3, 0.4) is 0 Å². The zero-order chi connectivity index (χ0) is 14.2. The Morgan fingerprint density at radius 3 is 2.79 bits per heavy atom. The smallest absolute Gasteiger partial charge is 0.243 e. The van der Waals surface area contributed by atoms with Crippen LogP contribution in [0.1, 0.15) is 6.92 Å². The van der Waals surface area contributed by atoms with Crippen LogP contribution in [0.25, 0.3) is 0 Å². The van der Waals surface area contributed by atoms with Crippen LogP contribution in [0.5, 0.6) is 0 Å². The minimum absolute atomic E-state index is 0.0924. The molecule has 6 nitrogen and oxygen atoms in total. The number of nitrogens with two attached hydrogens (primary N) is 1. The van der Waals surface area contributed by atoms with Crippen molar-refractivity contribution in [1.29, 1.82) is 0 Å². The first-order valence-corrected chi connectivity index (χ1v) is 7.92. The number of benzene rings is 1. The van der Waals surface area contributed by atoms with Gasteiger partial charge in [-0.05, 0) is 41.1 Å². The molecule has 1 aliphatic heterocycles. The van der Waals surface area contributed by atoms with Gasteiger partial charge < -0.3 is 11.1 Å². The van der Waals surface area contributed by atoms with Crippen LogP contribution < -0.4 is 11.1 Å². The van der Waals surface area contributed by atoms with E-state index in [1.165, 1.54) is 16.4 Å². The van der Waals surface area contributed by atoms with Gasteiger partial charge in [-0.2, -0.15) is 4.31 Å². The molecule has 1 unspecified atom stereocenters. The number of nitrogens with one attached hydrogen (secondary N) is 1. The number of carbonyl (C=O) groups excluding carboxylic acids is 1. The van der Waals surface area contributed by atoms with Gasteiger partial charge in [0.05, 0.1) is 4.90 Å². The number of rotatable bonds is 2. The molecule has 19 heavy (non-hydrogen) atoms. The molecule has 1 amide bonds. The molecule has 1 fully saturated rings. The van der Waals surface area contributed by atoms with Crippen molar-refractivity contribution in [3.05, 3.63) is 22.7 Å². The number of hydrogen-bond donors (Lipinski definition) is 2. The number of nitrogens with zero attached hydrogens (tertiary/aromatic N) is 1. The summed E-state index contributed by atoms with van der Waals surface area (Å²) in [7, 11) is -3.71. The molecule has 0 radical (unpaired) electrons. The fraction of sp³-hybridized carbons (Fsp3) is 0.364. The third-order valence-corrected chi connectivity index (χ3v) is 5.70. The molecule has 3 N–H and O–H groups in total. The highest BCUT2D eigenvalue weighted by molar-refractivity contribution is 9.10. The monoisotopic (exact) mass is 347 g/mol. The van der Waals surface area contributed by atoms with E-state index in [9.17, 15) is 13.2 Å². The lowest BCUT2D eigenvalue weighted by Crippen LogP contribution is -2.55. The molecule has 1 atom stereocenters. The highest BCUT2D eigenvalue weighted by Gasteiger charge is 2.35. The SMILES string of the molecule is CC1C(=O)NCCN1S(=O)(=O)c1ccc(Br)c(N)c1. The lowest BCUT2D eigenvalue weighted by Gasteiger charge is -2.31. The van der Waals surface area contributed by atoms with Crippen molar-refractivity contribution >= 4 is 37.5 Å². The van der Waals surface area contributed by atoms with Gasteiger partial charge in [0, 0.05) is 23.2 Å². The Morgan fingerprint density at radius 1 is 1.47 bits per heavy atom. The van der Waals surface area contributed by atoms with Gasteiger partial charge in [0.1, 0.15) is 6.04 Å². The molecule has 0 saturated carbocycles. The third-order valence-electron chi connectivity index (χ3n) is 3.02. The fourth-order valence-corrected chi connectivity index (χ4v) is 3.78. The molecule has 8 heteroatoms. The number of hydrogen-bond acceptors (Lipinski definition) is 4. The molecule has 0 bridgehead atoms. The maximum atomic E-state index is 12.5. The third kappa shape index (κ3) is 2.60. The van der Waals surface area contributed by atoms with E-state index in [0.29, 0.717) is 16.7 Å². The average Bonchev–Trinajstić information content (AvgIpc) is 2.35. The summed E-state index contributed by atoms with van der Waals surface area (Å²) in [4.78, 5) is 11.6. The maximum Gasteiger partial charge on any atom is 0.243 e. The molecule has 1 aromatic rings. The Bertz CT molecular complexity index is 618. The summed E-state index contributed by atoms with van der Waals surface area (Å²) in [6, 6.07) is 3.72. The predicted octanol–water partition coefficient (Wildman–Crippen LogP) is 0.540. The number of halogens is 1. The van der Waals surface area contributed by atoms with Crippen molar-refractivity contribution in [2.45, 2.75) is 17.9 Å². The van der Waals surface area contributed by atoms with Crippen molar-refractivity contribution in [2.24, 2.45) is 0 Å². The van der Waals surface area contributed by atoms with Crippen LogP contribution in [0.2, 0.25) is 0 Å². The topological polar surface area (TPSA) is 92.5 Å². The molecular formula is C11H14BrN3O3S. The predicted molar refractivity (Wildman–Crippen MR) is 74.9 cm³/mol. The van der Waals surface area contributed by atoms with Crippen LogP contribution in [0.15, 0.2) is 27.6 Å². The molecule has 0 spiro atoms. The Hall–Kier alpha value is -1.12. The molecule has 2 rings (SSSR count). The highest BCUT2D eigenvalue weighted by atomic mass is 79.9. The maximum absolute atomic E-state index is 12.5. The van der Waals surface area contributed by atoms with Crippen molar-refractivity contribution in [2.75, 3.05) is 18.8 Å². The van der Waals surface area contributed by atoms with E-state index in [2.05, 4.69) is 21.2 Å². The summed E-state index contributed by atoms with van der Waals surface area (Å²) in [5.41, 5.74) is 6.04. The Morgan fingerprint density at radius 2 is 2.16 bits per heavy atom. The van der Waals surface area contributed by atoms with E-state index in [0.717, 1.165) is 0 Å². The number of anilines is 1. The second-order valence-electron chi connectivity index (χ2n) is 4.27. The first-order valence-electron chi connectivity index (χ1n) is 5.68. The first kappa shape index (κ1) is 14.3. The van der Waals surface area contributed by atoms with E-state index in [1.54, 1.807) is 13.0 Å². The standard InChI is InChI=1S/C11H14BrN3O3S/c1-7-11(16)14-4-5-15(7)19(17,18)8-2-3-9(12)10(13)6-8/h2-3,6-7H,4-5,13H2,1H3,(H,14,16). The number of piperazine rings is 1. The minimum Gasteiger partial charge on any atom is -0.398 e. The Labute approximate surface area is 120 Å². The van der Waals surface area contributed by atoms with Crippen LogP contribution in [-0.4, -0.2) is 37.8 Å². The summed E-state index contributed by atoms with van der Waals surface area (Å²) in [5.74, 6) is -0.292. The average molecular weight is 348 g/mol.